The second-order valence-electron chi connectivity index (χ2n) is 4.13. The molecule has 0 aliphatic carbocycles. The second-order valence-corrected chi connectivity index (χ2v) is 4.13. The molecule has 4 nitrogen and oxygen atoms in total. The highest BCUT2D eigenvalue weighted by Gasteiger charge is 2.11. The van der Waals surface area contributed by atoms with E-state index in [1.807, 2.05) is 42.9 Å². The molecule has 1 atom stereocenters. The molecular formula is C13H17N3O. The number of aliphatic hydroxyl groups is 1. The van der Waals surface area contributed by atoms with Crippen LogP contribution in [0.3, 0.4) is 0 Å². The Labute approximate surface area is 101 Å². The molecule has 0 amide bonds. The van der Waals surface area contributed by atoms with Gasteiger partial charge in [-0.15, -0.1) is 0 Å². The first-order valence-corrected chi connectivity index (χ1v) is 5.82. The van der Waals surface area contributed by atoms with Crippen molar-refractivity contribution in [2.45, 2.75) is 32.9 Å². The number of aromatic nitrogens is 3. The molecule has 0 aliphatic rings. The van der Waals surface area contributed by atoms with Gasteiger partial charge >= 0.3 is 0 Å². The Balaban J connectivity index is 2.08. The molecule has 2 aromatic heterocycles. The predicted molar refractivity (Wildman–Crippen MR) is 65.5 cm³/mol. The second kappa shape index (κ2) is 5.10. The molecule has 1 unspecified atom stereocenters. The third kappa shape index (κ3) is 2.91. The van der Waals surface area contributed by atoms with Gasteiger partial charge < -0.3 is 5.11 Å². The quantitative estimate of drug-likeness (QED) is 0.874. The third-order valence-electron chi connectivity index (χ3n) is 2.69. The van der Waals surface area contributed by atoms with E-state index in [1.165, 1.54) is 0 Å². The fraction of sp³-hybridized carbons (Fsp3) is 0.385. The Kier molecular flexibility index (Phi) is 3.54. The fourth-order valence-electron chi connectivity index (χ4n) is 1.76. The number of aryl methyl sites for hydroxylation is 2. The molecule has 2 aromatic rings. The molecule has 0 radical (unpaired) electrons. The lowest BCUT2D eigenvalue weighted by Gasteiger charge is -2.09. The van der Waals surface area contributed by atoms with Crippen LogP contribution in [-0.2, 0) is 13.0 Å². The molecule has 0 spiro atoms. The van der Waals surface area contributed by atoms with E-state index in [4.69, 9.17) is 0 Å². The Morgan fingerprint density at radius 3 is 2.88 bits per heavy atom. The fourth-order valence-corrected chi connectivity index (χ4v) is 1.76. The average Bonchev–Trinajstić information content (AvgIpc) is 2.77. The van der Waals surface area contributed by atoms with E-state index in [9.17, 15) is 5.11 Å². The lowest BCUT2D eigenvalue weighted by molar-refractivity contribution is 0.173. The van der Waals surface area contributed by atoms with Crippen molar-refractivity contribution in [2.75, 3.05) is 0 Å². The Morgan fingerprint density at radius 2 is 2.24 bits per heavy atom. The van der Waals surface area contributed by atoms with E-state index < -0.39 is 6.10 Å². The maximum absolute atomic E-state index is 10.1. The van der Waals surface area contributed by atoms with Gasteiger partial charge in [0.15, 0.2) is 0 Å². The van der Waals surface area contributed by atoms with Crippen LogP contribution in [0.25, 0.3) is 0 Å². The molecule has 1 N–H and O–H groups in total. The first kappa shape index (κ1) is 11.8. The number of aliphatic hydroxyl groups excluding tert-OH is 1. The SMILES string of the molecule is CCn1cc(CC(O)c2cccc(C)n2)cn1. The van der Waals surface area contributed by atoms with Crippen molar-refractivity contribution in [2.24, 2.45) is 0 Å². The van der Waals surface area contributed by atoms with E-state index in [0.717, 1.165) is 17.8 Å². The van der Waals surface area contributed by atoms with Gasteiger partial charge in [0.25, 0.3) is 0 Å². The zero-order valence-corrected chi connectivity index (χ0v) is 10.2. The van der Waals surface area contributed by atoms with Crippen LogP contribution >= 0.6 is 0 Å². The largest absolute Gasteiger partial charge is 0.386 e. The van der Waals surface area contributed by atoms with Crippen molar-refractivity contribution >= 4 is 0 Å². The van der Waals surface area contributed by atoms with E-state index >= 15 is 0 Å². The summed E-state index contributed by atoms with van der Waals surface area (Å²) in [6.45, 7) is 4.81. The van der Waals surface area contributed by atoms with Crippen LogP contribution < -0.4 is 0 Å². The minimum Gasteiger partial charge on any atom is -0.386 e. The predicted octanol–water partition coefficient (Wildman–Crippen LogP) is 1.88. The average molecular weight is 231 g/mol. The summed E-state index contributed by atoms with van der Waals surface area (Å²) in [6.07, 6.45) is 3.74. The maximum Gasteiger partial charge on any atom is 0.100 e. The Morgan fingerprint density at radius 1 is 1.41 bits per heavy atom. The van der Waals surface area contributed by atoms with Crippen molar-refractivity contribution in [1.29, 1.82) is 0 Å². The monoisotopic (exact) mass is 231 g/mol. The van der Waals surface area contributed by atoms with Crippen molar-refractivity contribution in [3.8, 4) is 0 Å². The summed E-state index contributed by atoms with van der Waals surface area (Å²) in [5.41, 5.74) is 2.67. The highest BCUT2D eigenvalue weighted by atomic mass is 16.3. The molecule has 90 valence electrons. The van der Waals surface area contributed by atoms with Gasteiger partial charge in [-0.3, -0.25) is 9.67 Å². The number of pyridine rings is 1. The normalized spacial score (nSPS) is 12.6. The van der Waals surface area contributed by atoms with Gasteiger partial charge in [-0.2, -0.15) is 5.10 Å². The van der Waals surface area contributed by atoms with Crippen LogP contribution in [0.15, 0.2) is 30.6 Å². The van der Waals surface area contributed by atoms with Crippen LogP contribution in [0.5, 0.6) is 0 Å². The van der Waals surface area contributed by atoms with Gasteiger partial charge in [-0.25, -0.2) is 0 Å². The molecule has 0 bridgehead atoms. The van der Waals surface area contributed by atoms with Gasteiger partial charge in [-0.05, 0) is 31.5 Å². The molecule has 0 fully saturated rings. The molecule has 0 saturated carbocycles. The van der Waals surface area contributed by atoms with E-state index in [1.54, 1.807) is 6.20 Å². The van der Waals surface area contributed by atoms with Crippen LogP contribution in [-0.4, -0.2) is 19.9 Å². The Bertz CT molecular complexity index is 493. The van der Waals surface area contributed by atoms with E-state index in [-0.39, 0.29) is 0 Å². The summed E-state index contributed by atoms with van der Waals surface area (Å²) in [6, 6.07) is 5.68. The van der Waals surface area contributed by atoms with Crippen molar-refractivity contribution in [3.05, 3.63) is 47.5 Å². The zero-order valence-electron chi connectivity index (χ0n) is 10.2. The summed E-state index contributed by atoms with van der Waals surface area (Å²) < 4.78 is 1.85. The van der Waals surface area contributed by atoms with Crippen molar-refractivity contribution in [1.82, 2.24) is 14.8 Å². The third-order valence-corrected chi connectivity index (χ3v) is 2.69. The molecule has 0 saturated heterocycles. The first-order valence-electron chi connectivity index (χ1n) is 5.82. The number of hydrogen-bond donors (Lipinski definition) is 1. The molecule has 2 rings (SSSR count). The minimum atomic E-state index is -0.565. The molecule has 0 aliphatic heterocycles. The maximum atomic E-state index is 10.1. The van der Waals surface area contributed by atoms with Gasteiger partial charge in [-0.1, -0.05) is 6.07 Å². The highest BCUT2D eigenvalue weighted by molar-refractivity contribution is 5.15. The van der Waals surface area contributed by atoms with Crippen LogP contribution in [0.2, 0.25) is 0 Å². The Hall–Kier alpha value is -1.68. The lowest BCUT2D eigenvalue weighted by Crippen LogP contribution is -2.04. The molecule has 2 heterocycles. The van der Waals surface area contributed by atoms with Gasteiger partial charge in [0.2, 0.25) is 0 Å². The topological polar surface area (TPSA) is 50.9 Å². The smallest absolute Gasteiger partial charge is 0.100 e. The number of nitrogens with zero attached hydrogens (tertiary/aromatic N) is 3. The highest BCUT2D eigenvalue weighted by Crippen LogP contribution is 2.16. The number of hydrogen-bond acceptors (Lipinski definition) is 3. The lowest BCUT2D eigenvalue weighted by atomic mass is 10.1. The summed E-state index contributed by atoms with van der Waals surface area (Å²) in [7, 11) is 0. The van der Waals surface area contributed by atoms with E-state index in [0.29, 0.717) is 12.1 Å². The van der Waals surface area contributed by atoms with Crippen molar-refractivity contribution < 1.29 is 5.11 Å². The number of rotatable bonds is 4. The van der Waals surface area contributed by atoms with Gasteiger partial charge in [0, 0.05) is 24.9 Å². The summed E-state index contributed by atoms with van der Waals surface area (Å²) in [5.74, 6) is 0. The first-order chi connectivity index (χ1) is 8.19. The van der Waals surface area contributed by atoms with E-state index in [2.05, 4.69) is 10.1 Å². The van der Waals surface area contributed by atoms with Crippen LogP contribution in [0, 0.1) is 6.92 Å². The zero-order chi connectivity index (χ0) is 12.3. The summed E-state index contributed by atoms with van der Waals surface area (Å²) >= 11 is 0. The summed E-state index contributed by atoms with van der Waals surface area (Å²) in [5, 5.41) is 14.3. The van der Waals surface area contributed by atoms with Gasteiger partial charge in [0.1, 0.15) is 6.10 Å². The molecular weight excluding hydrogens is 214 g/mol. The van der Waals surface area contributed by atoms with Crippen LogP contribution in [0.4, 0.5) is 0 Å². The molecule has 17 heavy (non-hydrogen) atoms. The summed E-state index contributed by atoms with van der Waals surface area (Å²) in [4.78, 5) is 4.32. The van der Waals surface area contributed by atoms with Crippen molar-refractivity contribution in [3.63, 3.8) is 0 Å². The molecule has 0 aromatic carbocycles. The molecule has 4 heteroatoms. The standard InChI is InChI=1S/C13H17N3O/c1-3-16-9-11(8-14-16)7-13(17)12-6-4-5-10(2)15-12/h4-6,8-9,13,17H,3,7H2,1-2H3. The van der Waals surface area contributed by atoms with Crippen LogP contribution in [0.1, 0.15) is 30.0 Å². The van der Waals surface area contributed by atoms with Gasteiger partial charge in [0.05, 0.1) is 11.9 Å². The minimum absolute atomic E-state index is 0.552.